The molecule has 4 amide bonds. The number of amides is 4. The van der Waals surface area contributed by atoms with Gasteiger partial charge in [-0.25, -0.2) is 4.79 Å². The highest BCUT2D eigenvalue weighted by Gasteiger charge is 2.52. The highest BCUT2D eigenvalue weighted by atomic mass is 16.2. The minimum atomic E-state index is -0.878. The summed E-state index contributed by atoms with van der Waals surface area (Å²) in [5, 5.41) is 4.96. The van der Waals surface area contributed by atoms with Gasteiger partial charge in [-0.1, -0.05) is 25.7 Å². The SMILES string of the molecule is O=C1NC(=O)C2(CCN(C(=O)C3CCCCCC3)C2)N1. The maximum atomic E-state index is 12.6. The van der Waals surface area contributed by atoms with Crippen molar-refractivity contribution in [3.05, 3.63) is 0 Å². The molecule has 2 saturated heterocycles. The van der Waals surface area contributed by atoms with E-state index in [0.29, 0.717) is 19.5 Å². The van der Waals surface area contributed by atoms with Crippen molar-refractivity contribution < 1.29 is 14.4 Å². The molecule has 2 heterocycles. The van der Waals surface area contributed by atoms with Gasteiger partial charge in [0.15, 0.2) is 0 Å². The molecule has 2 aliphatic heterocycles. The second-order valence-corrected chi connectivity index (χ2v) is 6.19. The summed E-state index contributed by atoms with van der Waals surface area (Å²) in [5.74, 6) is -0.0239. The maximum absolute atomic E-state index is 12.6. The zero-order chi connectivity index (χ0) is 14.2. The molecule has 3 aliphatic rings. The maximum Gasteiger partial charge on any atom is 0.322 e. The first-order valence-electron chi connectivity index (χ1n) is 7.53. The topological polar surface area (TPSA) is 78.5 Å². The third-order valence-electron chi connectivity index (χ3n) is 4.80. The molecule has 0 aromatic carbocycles. The zero-order valence-electron chi connectivity index (χ0n) is 11.6. The van der Waals surface area contributed by atoms with Crippen LogP contribution < -0.4 is 10.6 Å². The molecule has 110 valence electrons. The van der Waals surface area contributed by atoms with Crippen LogP contribution >= 0.6 is 0 Å². The number of hydrogen-bond donors (Lipinski definition) is 2. The Bertz CT molecular complexity index is 443. The summed E-state index contributed by atoms with van der Waals surface area (Å²) >= 11 is 0. The second kappa shape index (κ2) is 5.07. The van der Waals surface area contributed by atoms with Crippen molar-refractivity contribution >= 4 is 17.8 Å². The van der Waals surface area contributed by atoms with Gasteiger partial charge in [-0.05, 0) is 19.3 Å². The highest BCUT2D eigenvalue weighted by molar-refractivity contribution is 6.07. The molecule has 1 saturated carbocycles. The number of hydrogen-bond acceptors (Lipinski definition) is 3. The van der Waals surface area contributed by atoms with E-state index in [2.05, 4.69) is 10.6 Å². The number of urea groups is 1. The molecular formula is C14H21N3O3. The molecule has 2 N–H and O–H groups in total. The van der Waals surface area contributed by atoms with Crippen LogP contribution in [0.2, 0.25) is 0 Å². The van der Waals surface area contributed by atoms with E-state index in [4.69, 9.17) is 0 Å². The van der Waals surface area contributed by atoms with E-state index in [0.717, 1.165) is 25.7 Å². The summed E-state index contributed by atoms with van der Waals surface area (Å²) in [6.07, 6.45) is 7.10. The molecule has 6 nitrogen and oxygen atoms in total. The molecule has 20 heavy (non-hydrogen) atoms. The van der Waals surface area contributed by atoms with Gasteiger partial charge >= 0.3 is 6.03 Å². The Hall–Kier alpha value is -1.59. The average Bonchev–Trinajstić information content (AvgIpc) is 2.82. The molecular weight excluding hydrogens is 258 g/mol. The molecule has 0 radical (unpaired) electrons. The average molecular weight is 279 g/mol. The lowest BCUT2D eigenvalue weighted by Gasteiger charge is -2.24. The predicted molar refractivity (Wildman–Crippen MR) is 71.8 cm³/mol. The Morgan fingerprint density at radius 2 is 1.85 bits per heavy atom. The van der Waals surface area contributed by atoms with E-state index in [1.807, 2.05) is 0 Å². The van der Waals surface area contributed by atoms with E-state index in [1.165, 1.54) is 12.8 Å². The van der Waals surface area contributed by atoms with Gasteiger partial charge < -0.3 is 10.2 Å². The van der Waals surface area contributed by atoms with Crippen LogP contribution in [0, 0.1) is 5.92 Å². The van der Waals surface area contributed by atoms with E-state index in [1.54, 1.807) is 4.90 Å². The monoisotopic (exact) mass is 279 g/mol. The van der Waals surface area contributed by atoms with Crippen molar-refractivity contribution in [2.75, 3.05) is 13.1 Å². The van der Waals surface area contributed by atoms with Crippen molar-refractivity contribution in [2.45, 2.75) is 50.5 Å². The van der Waals surface area contributed by atoms with Gasteiger partial charge in [-0.15, -0.1) is 0 Å². The van der Waals surface area contributed by atoms with Crippen molar-refractivity contribution in [3.63, 3.8) is 0 Å². The van der Waals surface area contributed by atoms with Gasteiger partial charge in [-0.2, -0.15) is 0 Å². The molecule has 1 atom stereocenters. The summed E-state index contributed by atoms with van der Waals surface area (Å²) in [6.45, 7) is 0.878. The smallest absolute Gasteiger partial charge is 0.322 e. The van der Waals surface area contributed by atoms with Crippen molar-refractivity contribution in [3.8, 4) is 0 Å². The van der Waals surface area contributed by atoms with Gasteiger partial charge in [0, 0.05) is 12.5 Å². The molecule has 0 aromatic heterocycles. The summed E-state index contributed by atoms with van der Waals surface area (Å²) in [7, 11) is 0. The minimum Gasteiger partial charge on any atom is -0.339 e. The molecule has 1 unspecified atom stereocenters. The number of likely N-dealkylation sites (tertiary alicyclic amines) is 1. The second-order valence-electron chi connectivity index (χ2n) is 6.19. The molecule has 3 fully saturated rings. The van der Waals surface area contributed by atoms with E-state index in [9.17, 15) is 14.4 Å². The van der Waals surface area contributed by atoms with Crippen LogP contribution in [0.15, 0.2) is 0 Å². The molecule has 1 spiro atoms. The fraction of sp³-hybridized carbons (Fsp3) is 0.786. The molecule has 0 bridgehead atoms. The van der Waals surface area contributed by atoms with Gasteiger partial charge in [0.1, 0.15) is 5.54 Å². The van der Waals surface area contributed by atoms with Crippen LogP contribution in [0.25, 0.3) is 0 Å². The Kier molecular flexibility index (Phi) is 3.40. The molecule has 1 aliphatic carbocycles. The van der Waals surface area contributed by atoms with Gasteiger partial charge in [0.05, 0.1) is 6.54 Å². The Labute approximate surface area is 118 Å². The standard InChI is InChI=1S/C14H21N3O3/c18-11(10-5-3-1-2-4-6-10)17-8-7-14(9-17)12(19)15-13(20)16-14/h10H,1-9H2,(H2,15,16,19,20). The lowest BCUT2D eigenvalue weighted by atomic mass is 9.98. The van der Waals surface area contributed by atoms with Crippen LogP contribution in [0.4, 0.5) is 4.79 Å². The normalized spacial score (nSPS) is 31.3. The first-order valence-corrected chi connectivity index (χ1v) is 7.53. The summed E-state index contributed by atoms with van der Waals surface area (Å²) in [4.78, 5) is 37.5. The number of carbonyl (C=O) groups excluding carboxylic acids is 3. The Balaban J connectivity index is 1.66. The number of carbonyl (C=O) groups is 3. The fourth-order valence-corrected chi connectivity index (χ4v) is 3.60. The van der Waals surface area contributed by atoms with Crippen LogP contribution in [0.1, 0.15) is 44.9 Å². The third-order valence-corrected chi connectivity index (χ3v) is 4.80. The van der Waals surface area contributed by atoms with Crippen LogP contribution in [-0.4, -0.2) is 41.4 Å². The zero-order valence-corrected chi connectivity index (χ0v) is 11.6. The molecule has 6 heteroatoms. The van der Waals surface area contributed by atoms with Crippen molar-refractivity contribution in [1.29, 1.82) is 0 Å². The van der Waals surface area contributed by atoms with E-state index in [-0.39, 0.29) is 17.7 Å². The van der Waals surface area contributed by atoms with Crippen molar-refractivity contribution in [1.82, 2.24) is 15.5 Å². The van der Waals surface area contributed by atoms with Crippen molar-refractivity contribution in [2.24, 2.45) is 5.92 Å². The molecule has 0 aromatic rings. The highest BCUT2D eigenvalue weighted by Crippen LogP contribution is 2.29. The quantitative estimate of drug-likeness (QED) is 0.549. The number of imide groups is 1. The first-order chi connectivity index (χ1) is 9.61. The largest absolute Gasteiger partial charge is 0.339 e. The lowest BCUT2D eigenvalue weighted by Crippen LogP contribution is -2.50. The first kappa shape index (κ1) is 13.4. The minimum absolute atomic E-state index is 0.104. The van der Waals surface area contributed by atoms with Crippen LogP contribution in [-0.2, 0) is 9.59 Å². The van der Waals surface area contributed by atoms with Gasteiger partial charge in [-0.3, -0.25) is 14.9 Å². The molecule has 3 rings (SSSR count). The summed E-state index contributed by atoms with van der Waals surface area (Å²) < 4.78 is 0. The summed E-state index contributed by atoms with van der Waals surface area (Å²) in [6, 6.07) is -0.446. The van der Waals surface area contributed by atoms with Crippen LogP contribution in [0.5, 0.6) is 0 Å². The van der Waals surface area contributed by atoms with E-state index < -0.39 is 11.6 Å². The number of nitrogens with zero attached hydrogens (tertiary/aromatic N) is 1. The Morgan fingerprint density at radius 3 is 2.45 bits per heavy atom. The van der Waals surface area contributed by atoms with E-state index >= 15 is 0 Å². The number of nitrogens with one attached hydrogen (secondary N) is 2. The Morgan fingerprint density at radius 1 is 1.15 bits per heavy atom. The lowest BCUT2D eigenvalue weighted by molar-refractivity contribution is -0.135. The third kappa shape index (κ3) is 2.27. The van der Waals surface area contributed by atoms with Gasteiger partial charge in [0.25, 0.3) is 5.91 Å². The summed E-state index contributed by atoms with van der Waals surface area (Å²) in [5.41, 5.74) is -0.878. The van der Waals surface area contributed by atoms with Gasteiger partial charge in [0.2, 0.25) is 5.91 Å². The number of rotatable bonds is 1. The van der Waals surface area contributed by atoms with Crippen LogP contribution in [0.3, 0.4) is 0 Å². The predicted octanol–water partition coefficient (Wildman–Crippen LogP) is 0.767. The fourth-order valence-electron chi connectivity index (χ4n) is 3.60.